The monoisotopic (exact) mass is 278 g/mol. The van der Waals surface area contributed by atoms with Crippen molar-refractivity contribution in [3.05, 3.63) is 30.1 Å². The Morgan fingerprint density at radius 2 is 2.45 bits per heavy atom. The van der Waals surface area contributed by atoms with Crippen molar-refractivity contribution in [3.63, 3.8) is 0 Å². The number of pyridine rings is 1. The third-order valence-corrected chi connectivity index (χ3v) is 3.46. The molecular formula is C15H22N2O3. The van der Waals surface area contributed by atoms with Crippen molar-refractivity contribution in [3.8, 4) is 0 Å². The molecule has 0 unspecified atom stereocenters. The molecule has 2 heterocycles. The van der Waals surface area contributed by atoms with E-state index in [9.17, 15) is 4.79 Å². The highest BCUT2D eigenvalue weighted by Crippen LogP contribution is 2.15. The standard InChI is InChI=1S/C15H22N2O3/c1-19-15(18)7-9-17(12-14-6-4-10-20-14)11-13-5-2-3-8-16-13/h2-3,5,8,14H,4,6-7,9-12H2,1H3/t14-/m0/s1. The Kier molecular flexibility index (Phi) is 5.95. The third-order valence-electron chi connectivity index (χ3n) is 3.46. The Bertz CT molecular complexity index is 405. The lowest BCUT2D eigenvalue weighted by molar-refractivity contribution is -0.141. The largest absolute Gasteiger partial charge is 0.469 e. The van der Waals surface area contributed by atoms with Gasteiger partial charge >= 0.3 is 5.97 Å². The van der Waals surface area contributed by atoms with Gasteiger partial charge in [0.25, 0.3) is 0 Å². The van der Waals surface area contributed by atoms with E-state index < -0.39 is 0 Å². The molecule has 1 aliphatic rings. The van der Waals surface area contributed by atoms with Crippen molar-refractivity contribution in [2.24, 2.45) is 0 Å². The molecule has 0 spiro atoms. The second-order valence-electron chi connectivity index (χ2n) is 5.02. The normalized spacial score (nSPS) is 18.4. The molecule has 1 aliphatic heterocycles. The van der Waals surface area contributed by atoms with Crippen LogP contribution in [0.3, 0.4) is 0 Å². The molecule has 0 bridgehead atoms. The van der Waals surface area contributed by atoms with E-state index in [0.717, 1.165) is 38.2 Å². The first-order chi connectivity index (χ1) is 9.78. The summed E-state index contributed by atoms with van der Waals surface area (Å²) in [6.45, 7) is 3.09. The molecule has 0 aliphatic carbocycles. The molecule has 1 aromatic heterocycles. The van der Waals surface area contributed by atoms with E-state index >= 15 is 0 Å². The molecule has 1 saturated heterocycles. The predicted octanol–water partition coefficient (Wildman–Crippen LogP) is 1.63. The first kappa shape index (κ1) is 14.9. The number of methoxy groups -OCH3 is 1. The molecule has 0 radical (unpaired) electrons. The topological polar surface area (TPSA) is 51.7 Å². The summed E-state index contributed by atoms with van der Waals surface area (Å²) in [5.41, 5.74) is 1.01. The number of esters is 1. The Balaban J connectivity index is 1.89. The first-order valence-electron chi connectivity index (χ1n) is 7.08. The van der Waals surface area contributed by atoms with Crippen molar-refractivity contribution in [1.82, 2.24) is 9.88 Å². The van der Waals surface area contributed by atoms with Crippen LogP contribution < -0.4 is 0 Å². The van der Waals surface area contributed by atoms with Crippen LogP contribution in [0.5, 0.6) is 0 Å². The third kappa shape index (κ3) is 4.90. The SMILES string of the molecule is COC(=O)CCN(Cc1ccccn1)C[C@@H]1CCCO1. The second kappa shape index (κ2) is 7.97. The molecular weight excluding hydrogens is 256 g/mol. The van der Waals surface area contributed by atoms with Gasteiger partial charge in [0.1, 0.15) is 0 Å². The minimum Gasteiger partial charge on any atom is -0.469 e. The zero-order valence-corrected chi connectivity index (χ0v) is 12.0. The number of hydrogen-bond acceptors (Lipinski definition) is 5. The van der Waals surface area contributed by atoms with Gasteiger partial charge in [-0.3, -0.25) is 14.7 Å². The lowest BCUT2D eigenvalue weighted by Gasteiger charge is -2.24. The molecule has 1 fully saturated rings. The maximum Gasteiger partial charge on any atom is 0.306 e. The van der Waals surface area contributed by atoms with Gasteiger partial charge in [-0.15, -0.1) is 0 Å². The van der Waals surface area contributed by atoms with Gasteiger partial charge in [0.05, 0.1) is 25.3 Å². The first-order valence-corrected chi connectivity index (χ1v) is 7.08. The number of nitrogens with zero attached hydrogens (tertiary/aromatic N) is 2. The quantitative estimate of drug-likeness (QED) is 0.709. The van der Waals surface area contributed by atoms with E-state index in [-0.39, 0.29) is 12.1 Å². The lowest BCUT2D eigenvalue weighted by Crippen LogP contribution is -2.34. The van der Waals surface area contributed by atoms with E-state index in [1.54, 1.807) is 6.20 Å². The maximum atomic E-state index is 11.3. The fraction of sp³-hybridized carbons (Fsp3) is 0.600. The van der Waals surface area contributed by atoms with Crippen molar-refractivity contribution in [2.45, 2.75) is 31.9 Å². The number of hydrogen-bond donors (Lipinski definition) is 0. The summed E-state index contributed by atoms with van der Waals surface area (Å²) in [4.78, 5) is 17.9. The molecule has 5 nitrogen and oxygen atoms in total. The zero-order valence-electron chi connectivity index (χ0n) is 12.0. The van der Waals surface area contributed by atoms with Crippen LogP contribution in [0, 0.1) is 0 Å². The number of carbonyl (C=O) groups excluding carboxylic acids is 1. The summed E-state index contributed by atoms with van der Waals surface area (Å²) >= 11 is 0. The van der Waals surface area contributed by atoms with Gasteiger partial charge in [-0.2, -0.15) is 0 Å². The molecule has 2 rings (SSSR count). The molecule has 0 N–H and O–H groups in total. The van der Waals surface area contributed by atoms with Crippen LogP contribution in [0.15, 0.2) is 24.4 Å². The highest BCUT2D eigenvalue weighted by atomic mass is 16.5. The molecule has 0 saturated carbocycles. The Hall–Kier alpha value is -1.46. The molecule has 0 amide bonds. The van der Waals surface area contributed by atoms with Gasteiger partial charge in [-0.25, -0.2) is 0 Å². The second-order valence-corrected chi connectivity index (χ2v) is 5.02. The Labute approximate surface area is 119 Å². The van der Waals surface area contributed by atoms with Gasteiger partial charge in [0.15, 0.2) is 0 Å². The van der Waals surface area contributed by atoms with Gasteiger partial charge in [0.2, 0.25) is 0 Å². The van der Waals surface area contributed by atoms with E-state index in [1.165, 1.54) is 7.11 Å². The van der Waals surface area contributed by atoms with Gasteiger partial charge in [-0.1, -0.05) is 6.07 Å². The Morgan fingerprint density at radius 3 is 3.10 bits per heavy atom. The van der Waals surface area contributed by atoms with Crippen LogP contribution in [0.1, 0.15) is 25.0 Å². The highest BCUT2D eigenvalue weighted by molar-refractivity contribution is 5.69. The van der Waals surface area contributed by atoms with E-state index in [1.807, 2.05) is 18.2 Å². The Morgan fingerprint density at radius 1 is 1.55 bits per heavy atom. The molecule has 1 aromatic rings. The molecule has 20 heavy (non-hydrogen) atoms. The van der Waals surface area contributed by atoms with E-state index in [0.29, 0.717) is 13.0 Å². The van der Waals surface area contributed by atoms with Crippen LogP contribution in [-0.4, -0.2) is 48.8 Å². The lowest BCUT2D eigenvalue weighted by atomic mass is 10.2. The highest BCUT2D eigenvalue weighted by Gasteiger charge is 2.20. The smallest absolute Gasteiger partial charge is 0.306 e. The summed E-state index contributed by atoms with van der Waals surface area (Å²) in [6.07, 6.45) is 4.68. The van der Waals surface area contributed by atoms with Crippen molar-refractivity contribution in [2.75, 3.05) is 26.8 Å². The maximum absolute atomic E-state index is 11.3. The van der Waals surface area contributed by atoms with E-state index in [4.69, 9.17) is 9.47 Å². The zero-order chi connectivity index (χ0) is 14.2. The number of rotatable bonds is 7. The number of ether oxygens (including phenoxy) is 2. The summed E-state index contributed by atoms with van der Waals surface area (Å²) in [5, 5.41) is 0. The van der Waals surface area contributed by atoms with Crippen molar-refractivity contribution >= 4 is 5.97 Å². The average molecular weight is 278 g/mol. The minimum atomic E-state index is -0.177. The van der Waals surface area contributed by atoms with Crippen LogP contribution in [0.4, 0.5) is 0 Å². The fourth-order valence-corrected chi connectivity index (χ4v) is 2.38. The summed E-state index contributed by atoms with van der Waals surface area (Å²) in [6, 6.07) is 5.88. The van der Waals surface area contributed by atoms with Crippen LogP contribution in [0.2, 0.25) is 0 Å². The summed E-state index contributed by atoms with van der Waals surface area (Å²) in [7, 11) is 1.42. The molecule has 0 aromatic carbocycles. The van der Waals surface area contributed by atoms with Gasteiger partial charge in [-0.05, 0) is 25.0 Å². The average Bonchev–Trinajstić information content (AvgIpc) is 2.98. The van der Waals surface area contributed by atoms with E-state index in [2.05, 4.69) is 9.88 Å². The number of carbonyl (C=O) groups is 1. The molecule has 110 valence electrons. The van der Waals surface area contributed by atoms with Crippen molar-refractivity contribution in [1.29, 1.82) is 0 Å². The fourth-order valence-electron chi connectivity index (χ4n) is 2.38. The van der Waals surface area contributed by atoms with Crippen LogP contribution in [-0.2, 0) is 20.8 Å². The van der Waals surface area contributed by atoms with Crippen molar-refractivity contribution < 1.29 is 14.3 Å². The van der Waals surface area contributed by atoms with Gasteiger partial charge < -0.3 is 9.47 Å². The van der Waals surface area contributed by atoms with Gasteiger partial charge in [0, 0.05) is 32.4 Å². The van der Waals surface area contributed by atoms with Crippen LogP contribution in [0.25, 0.3) is 0 Å². The summed E-state index contributed by atoms with van der Waals surface area (Å²) in [5.74, 6) is -0.177. The van der Waals surface area contributed by atoms with Crippen LogP contribution >= 0.6 is 0 Å². The summed E-state index contributed by atoms with van der Waals surface area (Å²) < 4.78 is 10.4. The molecule has 5 heteroatoms. The minimum absolute atomic E-state index is 0.177. The molecule has 1 atom stereocenters. The predicted molar refractivity (Wildman–Crippen MR) is 75.1 cm³/mol. The number of aromatic nitrogens is 1.